The summed E-state index contributed by atoms with van der Waals surface area (Å²) in [5, 5.41) is 5.66. The molecule has 0 bridgehead atoms. The lowest BCUT2D eigenvalue weighted by Crippen LogP contribution is -2.44. The Bertz CT molecular complexity index is 1170. The number of carbonyl (C=O) groups excluding carboxylic acids is 4. The molecule has 0 aliphatic heterocycles. The number of primary amides is 1. The van der Waals surface area contributed by atoms with Gasteiger partial charge in [-0.1, -0.05) is 53.7 Å². The summed E-state index contributed by atoms with van der Waals surface area (Å²) in [6.07, 6.45) is -1.93. The second kappa shape index (κ2) is 11.5. The zero-order valence-corrected chi connectivity index (χ0v) is 20.9. The summed E-state index contributed by atoms with van der Waals surface area (Å²) in [6.45, 7) is 4.97. The molecule has 2 aromatic carbocycles. The summed E-state index contributed by atoms with van der Waals surface area (Å²) in [5.74, 6) is -3.20. The van der Waals surface area contributed by atoms with E-state index in [4.69, 9.17) is 25.8 Å². The van der Waals surface area contributed by atoms with Crippen LogP contribution in [0.25, 0.3) is 11.1 Å². The standard InChI is InChI=1S/C26H30N4O7/c1-26(2,3)36-23(32)12-20(24(33)37-30-21(27)13-22(28)31)29-25(34)35-14-19-17-10-6-4-8-15(17)16-9-5-7-11-18(16)19/h4-11,19-20H,12-14H2,1-3H3,(H2,27,30)(H2,28,31)(H,29,34)/t20-/m0/s1. The Morgan fingerprint density at radius 1 is 0.973 bits per heavy atom. The molecule has 1 aliphatic carbocycles. The molecule has 0 unspecified atom stereocenters. The van der Waals surface area contributed by atoms with E-state index in [1.807, 2.05) is 48.5 Å². The number of esters is 1. The molecule has 11 nitrogen and oxygen atoms in total. The van der Waals surface area contributed by atoms with Crippen molar-refractivity contribution < 1.29 is 33.5 Å². The van der Waals surface area contributed by atoms with Crippen LogP contribution in [0.2, 0.25) is 0 Å². The summed E-state index contributed by atoms with van der Waals surface area (Å²) >= 11 is 0. The topological polar surface area (TPSA) is 172 Å². The number of nitrogens with one attached hydrogen (secondary N) is 1. The molecule has 0 saturated carbocycles. The molecular formula is C26H30N4O7. The van der Waals surface area contributed by atoms with Gasteiger partial charge in [-0.3, -0.25) is 9.59 Å². The van der Waals surface area contributed by atoms with Crippen LogP contribution in [0, 0.1) is 0 Å². The fourth-order valence-electron chi connectivity index (χ4n) is 3.90. The molecule has 0 fully saturated rings. The maximum Gasteiger partial charge on any atom is 0.407 e. The van der Waals surface area contributed by atoms with Crippen molar-refractivity contribution in [1.29, 1.82) is 0 Å². The van der Waals surface area contributed by atoms with E-state index in [0.29, 0.717) is 0 Å². The monoisotopic (exact) mass is 510 g/mol. The molecule has 5 N–H and O–H groups in total. The minimum absolute atomic E-state index is 0.00220. The first-order chi connectivity index (χ1) is 17.4. The van der Waals surface area contributed by atoms with Gasteiger partial charge in [0, 0.05) is 5.92 Å². The minimum atomic E-state index is -1.49. The zero-order valence-electron chi connectivity index (χ0n) is 20.9. The van der Waals surface area contributed by atoms with Crippen LogP contribution in [0.1, 0.15) is 50.7 Å². The fraction of sp³-hybridized carbons (Fsp3) is 0.346. The lowest BCUT2D eigenvalue weighted by Gasteiger charge is -2.22. The van der Waals surface area contributed by atoms with Crippen LogP contribution in [0.5, 0.6) is 0 Å². The SMILES string of the molecule is CC(C)(C)OC(=O)C[C@H](NC(=O)OCC1c2ccccc2-c2ccccc21)C(=O)O/N=C(/N)CC(N)=O. The molecule has 11 heteroatoms. The number of carbonyl (C=O) groups is 4. The number of hydrogen-bond donors (Lipinski definition) is 3. The maximum atomic E-state index is 12.7. The van der Waals surface area contributed by atoms with E-state index in [0.717, 1.165) is 22.3 Å². The number of benzene rings is 2. The summed E-state index contributed by atoms with van der Waals surface area (Å²) in [7, 11) is 0. The van der Waals surface area contributed by atoms with Crippen LogP contribution in [0.3, 0.4) is 0 Å². The van der Waals surface area contributed by atoms with Crippen LogP contribution in [0.4, 0.5) is 4.79 Å². The number of oxime groups is 1. The van der Waals surface area contributed by atoms with E-state index >= 15 is 0 Å². The van der Waals surface area contributed by atoms with Gasteiger partial charge in [-0.2, -0.15) is 0 Å². The van der Waals surface area contributed by atoms with Crippen LogP contribution in [0.15, 0.2) is 53.7 Å². The molecule has 1 aliphatic rings. The highest BCUT2D eigenvalue weighted by Gasteiger charge is 2.32. The van der Waals surface area contributed by atoms with Gasteiger partial charge < -0.3 is 31.1 Å². The zero-order chi connectivity index (χ0) is 27.2. The Labute approximate surface area is 214 Å². The molecule has 0 heterocycles. The van der Waals surface area contributed by atoms with Crippen LogP contribution >= 0.6 is 0 Å². The second-order valence-corrected chi connectivity index (χ2v) is 9.45. The van der Waals surface area contributed by atoms with Crippen molar-refractivity contribution in [3.05, 3.63) is 59.7 Å². The van der Waals surface area contributed by atoms with Gasteiger partial charge in [0.05, 0.1) is 12.8 Å². The molecule has 3 rings (SSSR count). The number of amides is 2. The Hall–Kier alpha value is -4.41. The Morgan fingerprint density at radius 3 is 2.08 bits per heavy atom. The molecule has 0 saturated heterocycles. The van der Waals surface area contributed by atoms with Gasteiger partial charge in [0.2, 0.25) is 5.91 Å². The molecule has 2 amide bonds. The van der Waals surface area contributed by atoms with Gasteiger partial charge in [0.1, 0.15) is 24.1 Å². The highest BCUT2D eigenvalue weighted by atomic mass is 16.7. The third-order valence-electron chi connectivity index (χ3n) is 5.32. The molecule has 0 aromatic heterocycles. The highest BCUT2D eigenvalue weighted by Crippen LogP contribution is 2.44. The lowest BCUT2D eigenvalue weighted by molar-refractivity contribution is -0.159. The van der Waals surface area contributed by atoms with E-state index in [-0.39, 0.29) is 18.4 Å². The summed E-state index contributed by atoms with van der Waals surface area (Å²) in [4.78, 5) is 53.2. The average molecular weight is 511 g/mol. The summed E-state index contributed by atoms with van der Waals surface area (Å²) in [6, 6.07) is 14.2. The smallest absolute Gasteiger partial charge is 0.407 e. The molecule has 37 heavy (non-hydrogen) atoms. The molecule has 1 atom stereocenters. The fourth-order valence-corrected chi connectivity index (χ4v) is 3.90. The first kappa shape index (κ1) is 27.2. The van der Waals surface area contributed by atoms with Gasteiger partial charge in [-0.05, 0) is 43.0 Å². The number of ether oxygens (including phenoxy) is 2. The van der Waals surface area contributed by atoms with E-state index in [1.165, 1.54) is 0 Å². The number of nitrogens with two attached hydrogens (primary N) is 2. The van der Waals surface area contributed by atoms with Crippen LogP contribution < -0.4 is 16.8 Å². The van der Waals surface area contributed by atoms with E-state index in [1.54, 1.807) is 20.8 Å². The van der Waals surface area contributed by atoms with Gasteiger partial charge in [-0.25, -0.2) is 9.59 Å². The van der Waals surface area contributed by atoms with E-state index < -0.39 is 48.4 Å². The Morgan fingerprint density at radius 2 is 1.54 bits per heavy atom. The first-order valence-corrected chi connectivity index (χ1v) is 11.6. The van der Waals surface area contributed by atoms with Crippen molar-refractivity contribution in [2.75, 3.05) is 6.61 Å². The normalized spacial score (nSPS) is 13.6. The number of nitrogens with zero attached hydrogens (tertiary/aromatic N) is 1. The predicted octanol–water partition coefficient (Wildman–Crippen LogP) is 2.32. The van der Waals surface area contributed by atoms with Gasteiger partial charge >= 0.3 is 18.0 Å². The van der Waals surface area contributed by atoms with Crippen molar-refractivity contribution in [2.24, 2.45) is 16.6 Å². The molecule has 2 aromatic rings. The maximum absolute atomic E-state index is 12.7. The third-order valence-corrected chi connectivity index (χ3v) is 5.32. The summed E-state index contributed by atoms with van der Waals surface area (Å²) < 4.78 is 10.7. The van der Waals surface area contributed by atoms with Crippen molar-refractivity contribution >= 4 is 29.8 Å². The van der Waals surface area contributed by atoms with Gasteiger partial charge in [0.25, 0.3) is 0 Å². The van der Waals surface area contributed by atoms with Crippen LogP contribution in [-0.4, -0.2) is 48.0 Å². The minimum Gasteiger partial charge on any atom is -0.460 e. The van der Waals surface area contributed by atoms with Gasteiger partial charge in [-0.15, -0.1) is 0 Å². The van der Waals surface area contributed by atoms with Crippen molar-refractivity contribution in [1.82, 2.24) is 5.32 Å². The predicted molar refractivity (Wildman–Crippen MR) is 134 cm³/mol. The first-order valence-electron chi connectivity index (χ1n) is 11.6. The third kappa shape index (κ3) is 7.53. The van der Waals surface area contributed by atoms with E-state index in [9.17, 15) is 19.2 Å². The highest BCUT2D eigenvalue weighted by molar-refractivity contribution is 5.98. The van der Waals surface area contributed by atoms with Crippen molar-refractivity contribution in [3.63, 3.8) is 0 Å². The lowest BCUT2D eigenvalue weighted by atomic mass is 9.98. The number of alkyl carbamates (subject to hydrolysis) is 1. The second-order valence-electron chi connectivity index (χ2n) is 9.45. The molecule has 0 spiro atoms. The Kier molecular flexibility index (Phi) is 8.49. The number of rotatable bonds is 9. The Balaban J connectivity index is 1.69. The average Bonchev–Trinajstić information content (AvgIpc) is 3.13. The van der Waals surface area contributed by atoms with Crippen LogP contribution in [-0.2, 0) is 28.7 Å². The van der Waals surface area contributed by atoms with Crippen molar-refractivity contribution in [2.45, 2.75) is 51.2 Å². The van der Waals surface area contributed by atoms with Crippen molar-refractivity contribution in [3.8, 4) is 11.1 Å². The van der Waals surface area contributed by atoms with E-state index in [2.05, 4.69) is 10.5 Å². The number of hydrogen-bond acceptors (Lipinski definition) is 8. The number of fused-ring (bicyclic) bond motifs is 3. The summed E-state index contributed by atoms with van der Waals surface area (Å²) in [5.41, 5.74) is 13.8. The quantitative estimate of drug-likeness (QED) is 0.152. The number of amidine groups is 1. The molecule has 0 radical (unpaired) electrons. The van der Waals surface area contributed by atoms with Gasteiger partial charge in [0.15, 0.2) is 0 Å². The molecule has 196 valence electrons. The molecular weight excluding hydrogens is 480 g/mol. The largest absolute Gasteiger partial charge is 0.460 e.